The van der Waals surface area contributed by atoms with Gasteiger partial charge in [0.15, 0.2) is 0 Å². The van der Waals surface area contributed by atoms with Crippen LogP contribution < -0.4 is 0 Å². The largest absolute Gasteiger partial charge is 0.357 e. The molecule has 2 aromatic heterocycles. The highest BCUT2D eigenvalue weighted by Gasteiger charge is 2.31. The maximum Gasteiger partial charge on any atom is 0.271 e. The average Bonchev–Trinajstić information content (AvgIpc) is 3.09. The molecule has 6 nitrogen and oxygen atoms in total. The number of hydrogen-bond donors (Lipinski definition) is 2. The second-order valence-electron chi connectivity index (χ2n) is 4.92. The van der Waals surface area contributed by atoms with Gasteiger partial charge in [0, 0.05) is 12.7 Å². The SMILES string of the molecule is Cc1cc[nH]c1C(=O)N1CCCCC1c1ncn[nH]1. The van der Waals surface area contributed by atoms with Gasteiger partial charge in [0.1, 0.15) is 17.8 Å². The van der Waals surface area contributed by atoms with Crippen LogP contribution in [0.5, 0.6) is 0 Å². The number of aromatic amines is 2. The number of piperidine rings is 1. The van der Waals surface area contributed by atoms with E-state index in [9.17, 15) is 4.79 Å². The summed E-state index contributed by atoms with van der Waals surface area (Å²) in [5, 5.41) is 6.78. The van der Waals surface area contributed by atoms with E-state index in [1.807, 2.05) is 17.9 Å². The van der Waals surface area contributed by atoms with E-state index in [-0.39, 0.29) is 11.9 Å². The Kier molecular flexibility index (Phi) is 3.06. The van der Waals surface area contributed by atoms with E-state index in [1.165, 1.54) is 6.33 Å². The molecule has 1 atom stereocenters. The minimum Gasteiger partial charge on any atom is -0.357 e. The van der Waals surface area contributed by atoms with Crippen LogP contribution in [0.4, 0.5) is 0 Å². The number of hydrogen-bond acceptors (Lipinski definition) is 3. The van der Waals surface area contributed by atoms with Gasteiger partial charge in [-0.1, -0.05) is 0 Å². The van der Waals surface area contributed by atoms with Gasteiger partial charge >= 0.3 is 0 Å². The second-order valence-corrected chi connectivity index (χ2v) is 4.92. The molecule has 0 saturated carbocycles. The van der Waals surface area contributed by atoms with Gasteiger partial charge in [-0.05, 0) is 37.8 Å². The Bertz CT molecular complexity index is 559. The summed E-state index contributed by atoms with van der Waals surface area (Å²) in [7, 11) is 0. The number of aryl methyl sites for hydroxylation is 1. The highest BCUT2D eigenvalue weighted by molar-refractivity contribution is 5.94. The van der Waals surface area contributed by atoms with Gasteiger partial charge in [-0.25, -0.2) is 4.98 Å². The van der Waals surface area contributed by atoms with Crippen molar-refractivity contribution in [3.8, 4) is 0 Å². The number of H-pyrrole nitrogens is 2. The summed E-state index contributed by atoms with van der Waals surface area (Å²) in [4.78, 5) is 21.7. The maximum absolute atomic E-state index is 12.6. The molecule has 0 bridgehead atoms. The molecular weight excluding hydrogens is 242 g/mol. The molecule has 1 aliphatic rings. The molecule has 3 heterocycles. The van der Waals surface area contributed by atoms with Crippen LogP contribution in [-0.2, 0) is 0 Å². The normalized spacial score (nSPS) is 19.6. The number of carbonyl (C=O) groups excluding carboxylic acids is 1. The average molecular weight is 259 g/mol. The highest BCUT2D eigenvalue weighted by atomic mass is 16.2. The van der Waals surface area contributed by atoms with Crippen molar-refractivity contribution in [2.24, 2.45) is 0 Å². The van der Waals surface area contributed by atoms with E-state index in [0.717, 1.165) is 37.2 Å². The van der Waals surface area contributed by atoms with Crippen LogP contribution in [0, 0.1) is 6.92 Å². The quantitative estimate of drug-likeness (QED) is 0.863. The molecule has 1 aliphatic heterocycles. The van der Waals surface area contributed by atoms with Crippen LogP contribution in [-0.4, -0.2) is 37.5 Å². The maximum atomic E-state index is 12.6. The first-order valence-electron chi connectivity index (χ1n) is 6.57. The van der Waals surface area contributed by atoms with Crippen molar-refractivity contribution in [1.29, 1.82) is 0 Å². The van der Waals surface area contributed by atoms with Crippen molar-refractivity contribution in [3.05, 3.63) is 35.7 Å². The topological polar surface area (TPSA) is 77.7 Å². The fourth-order valence-corrected chi connectivity index (χ4v) is 2.66. The third-order valence-corrected chi connectivity index (χ3v) is 3.68. The van der Waals surface area contributed by atoms with E-state index >= 15 is 0 Å². The fourth-order valence-electron chi connectivity index (χ4n) is 2.66. The van der Waals surface area contributed by atoms with E-state index in [0.29, 0.717) is 5.69 Å². The van der Waals surface area contributed by atoms with Gasteiger partial charge in [-0.15, -0.1) is 0 Å². The summed E-state index contributed by atoms with van der Waals surface area (Å²) < 4.78 is 0. The third kappa shape index (κ3) is 2.14. The van der Waals surface area contributed by atoms with Crippen molar-refractivity contribution in [2.45, 2.75) is 32.2 Å². The van der Waals surface area contributed by atoms with Crippen molar-refractivity contribution in [2.75, 3.05) is 6.54 Å². The second kappa shape index (κ2) is 4.87. The Morgan fingerprint density at radius 1 is 1.47 bits per heavy atom. The van der Waals surface area contributed by atoms with Crippen LogP contribution in [0.3, 0.4) is 0 Å². The van der Waals surface area contributed by atoms with Gasteiger partial charge in [0.25, 0.3) is 5.91 Å². The van der Waals surface area contributed by atoms with Crippen molar-refractivity contribution in [3.63, 3.8) is 0 Å². The zero-order valence-electron chi connectivity index (χ0n) is 10.9. The summed E-state index contributed by atoms with van der Waals surface area (Å²) in [5.74, 6) is 0.820. The number of aromatic nitrogens is 4. The van der Waals surface area contributed by atoms with Gasteiger partial charge in [0.2, 0.25) is 0 Å². The van der Waals surface area contributed by atoms with E-state index in [1.54, 1.807) is 6.20 Å². The predicted molar refractivity (Wildman–Crippen MR) is 69.5 cm³/mol. The molecule has 0 radical (unpaired) electrons. The number of carbonyl (C=O) groups is 1. The Hall–Kier alpha value is -2.11. The first-order valence-corrected chi connectivity index (χ1v) is 6.57. The molecule has 3 rings (SSSR count). The first-order chi connectivity index (χ1) is 9.27. The molecule has 2 N–H and O–H groups in total. The molecule has 0 aromatic carbocycles. The van der Waals surface area contributed by atoms with Crippen LogP contribution >= 0.6 is 0 Å². The fraction of sp³-hybridized carbons (Fsp3) is 0.462. The molecule has 1 saturated heterocycles. The Labute approximate surface area is 111 Å². The van der Waals surface area contributed by atoms with E-state index in [2.05, 4.69) is 20.2 Å². The third-order valence-electron chi connectivity index (χ3n) is 3.68. The van der Waals surface area contributed by atoms with Gasteiger partial charge in [-0.2, -0.15) is 5.10 Å². The zero-order valence-corrected chi connectivity index (χ0v) is 10.9. The monoisotopic (exact) mass is 259 g/mol. The molecule has 6 heteroatoms. The number of nitrogens with zero attached hydrogens (tertiary/aromatic N) is 3. The van der Waals surface area contributed by atoms with Crippen molar-refractivity contribution in [1.82, 2.24) is 25.1 Å². The molecule has 1 amide bonds. The number of amides is 1. The minimum atomic E-state index is 0.00597. The lowest BCUT2D eigenvalue weighted by Crippen LogP contribution is -2.39. The Morgan fingerprint density at radius 2 is 2.37 bits per heavy atom. The lowest BCUT2D eigenvalue weighted by molar-refractivity contribution is 0.0594. The molecular formula is C13H17N5O. The lowest BCUT2D eigenvalue weighted by Gasteiger charge is -2.34. The summed E-state index contributed by atoms with van der Waals surface area (Å²) >= 11 is 0. The van der Waals surface area contributed by atoms with Crippen molar-refractivity contribution < 1.29 is 4.79 Å². The molecule has 0 aliphatic carbocycles. The molecule has 1 fully saturated rings. The lowest BCUT2D eigenvalue weighted by atomic mass is 10.0. The van der Waals surface area contributed by atoms with Crippen LogP contribution in [0.1, 0.15) is 47.2 Å². The standard InChI is InChI=1S/C13H17N5O/c1-9-5-6-14-11(9)13(19)18-7-3-2-4-10(18)12-15-8-16-17-12/h5-6,8,10,14H,2-4,7H2,1H3,(H,15,16,17). The first kappa shape index (κ1) is 12.0. The van der Waals surface area contributed by atoms with Gasteiger partial charge < -0.3 is 9.88 Å². The highest BCUT2D eigenvalue weighted by Crippen LogP contribution is 2.30. The molecule has 2 aromatic rings. The summed E-state index contributed by atoms with van der Waals surface area (Å²) in [6.07, 6.45) is 6.37. The molecule has 100 valence electrons. The Morgan fingerprint density at radius 3 is 3.05 bits per heavy atom. The molecule has 19 heavy (non-hydrogen) atoms. The number of nitrogens with one attached hydrogen (secondary N) is 2. The van der Waals surface area contributed by atoms with Crippen LogP contribution in [0.2, 0.25) is 0 Å². The van der Waals surface area contributed by atoms with Crippen molar-refractivity contribution >= 4 is 5.91 Å². The van der Waals surface area contributed by atoms with E-state index in [4.69, 9.17) is 0 Å². The van der Waals surface area contributed by atoms with Crippen LogP contribution in [0.25, 0.3) is 0 Å². The summed E-state index contributed by atoms with van der Waals surface area (Å²) in [6, 6.07) is 1.92. The molecule has 1 unspecified atom stereocenters. The number of rotatable bonds is 2. The molecule has 0 spiro atoms. The zero-order chi connectivity index (χ0) is 13.2. The van der Waals surface area contributed by atoms with E-state index < -0.39 is 0 Å². The van der Waals surface area contributed by atoms with Gasteiger partial charge in [-0.3, -0.25) is 9.89 Å². The predicted octanol–water partition coefficient (Wildman–Crippen LogP) is 1.81. The minimum absolute atomic E-state index is 0.00597. The van der Waals surface area contributed by atoms with Crippen LogP contribution in [0.15, 0.2) is 18.6 Å². The smallest absolute Gasteiger partial charge is 0.271 e. The summed E-state index contributed by atoms with van der Waals surface area (Å²) in [5.41, 5.74) is 1.65. The summed E-state index contributed by atoms with van der Waals surface area (Å²) in [6.45, 7) is 2.71. The Balaban J connectivity index is 1.89. The number of likely N-dealkylation sites (tertiary alicyclic amines) is 1. The van der Waals surface area contributed by atoms with Gasteiger partial charge in [0.05, 0.1) is 6.04 Å².